The third-order valence-electron chi connectivity index (χ3n) is 3.61. The van der Waals surface area contributed by atoms with Gasteiger partial charge in [0.2, 0.25) is 0 Å². The fourth-order valence-corrected chi connectivity index (χ4v) is 2.53. The summed E-state index contributed by atoms with van der Waals surface area (Å²) in [4.78, 5) is 12.7. The Morgan fingerprint density at radius 3 is 2.36 bits per heavy atom. The van der Waals surface area contributed by atoms with Gasteiger partial charge < -0.3 is 4.74 Å². The Balaban J connectivity index is 2.08. The number of ether oxygens (including phenoxy) is 1. The van der Waals surface area contributed by atoms with E-state index in [0.29, 0.717) is 12.5 Å². The van der Waals surface area contributed by atoms with Crippen LogP contribution >= 0.6 is 11.6 Å². The molecule has 0 saturated carbocycles. The molecule has 0 spiro atoms. The van der Waals surface area contributed by atoms with Crippen LogP contribution < -0.4 is 4.74 Å². The summed E-state index contributed by atoms with van der Waals surface area (Å²) in [7, 11) is 0. The van der Waals surface area contributed by atoms with Crippen LogP contribution in [0, 0.1) is 0 Å². The first-order chi connectivity index (χ1) is 10.8. The first kappa shape index (κ1) is 16.6. The second kappa shape index (κ2) is 8.60. The molecule has 22 heavy (non-hydrogen) atoms. The number of carbonyl (C=O) groups excluding carboxylic acids is 1. The van der Waals surface area contributed by atoms with Crippen LogP contribution in [0.15, 0.2) is 54.6 Å². The monoisotopic (exact) mass is 316 g/mol. The molecule has 0 aliphatic heterocycles. The number of hydrogen-bond donors (Lipinski definition) is 0. The van der Waals surface area contributed by atoms with Crippen molar-refractivity contribution in [2.75, 3.05) is 12.5 Å². The average Bonchev–Trinajstić information content (AvgIpc) is 2.57. The zero-order chi connectivity index (χ0) is 15.8. The standard InChI is InChI=1S/C19H21ClO2/c1-2-18(15-7-4-3-5-8-15)19(21)16-9-11-17(12-10-16)22-14-6-13-20/h3-5,7-12,18H,2,6,13-14H2,1H3/t18-/m0/s1. The lowest BCUT2D eigenvalue weighted by molar-refractivity contribution is 0.0957. The van der Waals surface area contributed by atoms with E-state index in [9.17, 15) is 4.79 Å². The minimum absolute atomic E-state index is 0.0933. The van der Waals surface area contributed by atoms with Crippen LogP contribution in [-0.2, 0) is 0 Å². The summed E-state index contributed by atoms with van der Waals surface area (Å²) in [6.07, 6.45) is 1.60. The van der Waals surface area contributed by atoms with Gasteiger partial charge in [0, 0.05) is 17.4 Å². The van der Waals surface area contributed by atoms with E-state index in [-0.39, 0.29) is 11.7 Å². The molecule has 0 N–H and O–H groups in total. The Morgan fingerprint density at radius 2 is 1.77 bits per heavy atom. The van der Waals surface area contributed by atoms with Gasteiger partial charge in [-0.2, -0.15) is 0 Å². The molecular formula is C19H21ClO2. The predicted molar refractivity (Wildman–Crippen MR) is 91.1 cm³/mol. The van der Waals surface area contributed by atoms with E-state index in [1.54, 1.807) is 0 Å². The van der Waals surface area contributed by atoms with Crippen molar-refractivity contribution in [2.45, 2.75) is 25.7 Å². The molecule has 3 heteroatoms. The Hall–Kier alpha value is -1.80. The molecule has 0 aromatic heterocycles. The maximum atomic E-state index is 12.7. The maximum absolute atomic E-state index is 12.7. The van der Waals surface area contributed by atoms with Gasteiger partial charge in [0.25, 0.3) is 0 Å². The van der Waals surface area contributed by atoms with Crippen molar-refractivity contribution in [3.8, 4) is 5.75 Å². The van der Waals surface area contributed by atoms with Crippen LogP contribution in [0.1, 0.15) is 41.6 Å². The van der Waals surface area contributed by atoms with Crippen LogP contribution in [0.3, 0.4) is 0 Å². The smallest absolute Gasteiger partial charge is 0.170 e. The van der Waals surface area contributed by atoms with Gasteiger partial charge in [-0.15, -0.1) is 11.6 Å². The number of hydrogen-bond acceptors (Lipinski definition) is 2. The summed E-state index contributed by atoms with van der Waals surface area (Å²) < 4.78 is 5.56. The zero-order valence-electron chi connectivity index (χ0n) is 12.8. The molecule has 0 bridgehead atoms. The van der Waals surface area contributed by atoms with Crippen molar-refractivity contribution in [1.29, 1.82) is 0 Å². The third kappa shape index (κ3) is 4.35. The highest BCUT2D eigenvalue weighted by atomic mass is 35.5. The van der Waals surface area contributed by atoms with E-state index in [1.807, 2.05) is 61.5 Å². The fraction of sp³-hybridized carbons (Fsp3) is 0.316. The fourth-order valence-electron chi connectivity index (χ4n) is 2.42. The van der Waals surface area contributed by atoms with Gasteiger partial charge in [-0.3, -0.25) is 4.79 Å². The first-order valence-corrected chi connectivity index (χ1v) is 8.17. The Kier molecular flexibility index (Phi) is 6.47. The zero-order valence-corrected chi connectivity index (χ0v) is 13.6. The second-order valence-electron chi connectivity index (χ2n) is 5.15. The van der Waals surface area contributed by atoms with Crippen LogP contribution in [0.5, 0.6) is 5.75 Å². The van der Waals surface area contributed by atoms with Gasteiger partial charge in [-0.1, -0.05) is 37.3 Å². The Labute approximate surface area is 137 Å². The number of benzene rings is 2. The topological polar surface area (TPSA) is 26.3 Å². The molecule has 1 atom stereocenters. The molecule has 2 rings (SSSR count). The summed E-state index contributed by atoms with van der Waals surface area (Å²) >= 11 is 5.62. The molecule has 0 radical (unpaired) electrons. The molecule has 0 saturated heterocycles. The van der Waals surface area contributed by atoms with Crippen molar-refractivity contribution in [3.05, 3.63) is 65.7 Å². The first-order valence-electron chi connectivity index (χ1n) is 7.64. The number of carbonyl (C=O) groups is 1. The van der Waals surface area contributed by atoms with Crippen molar-refractivity contribution < 1.29 is 9.53 Å². The van der Waals surface area contributed by atoms with E-state index >= 15 is 0 Å². The molecule has 2 aromatic carbocycles. The molecule has 116 valence electrons. The van der Waals surface area contributed by atoms with Gasteiger partial charge in [-0.25, -0.2) is 0 Å². The summed E-state index contributed by atoms with van der Waals surface area (Å²) in [5.74, 6) is 1.42. The van der Waals surface area contributed by atoms with Crippen LogP contribution in [0.25, 0.3) is 0 Å². The lowest BCUT2D eigenvalue weighted by Gasteiger charge is -2.14. The average molecular weight is 317 g/mol. The molecule has 0 unspecified atom stereocenters. The SMILES string of the molecule is CC[C@H](C(=O)c1ccc(OCCCCl)cc1)c1ccccc1. The number of alkyl halides is 1. The summed E-state index contributed by atoms with van der Waals surface area (Å²) in [6.45, 7) is 2.64. The normalized spacial score (nSPS) is 11.9. The molecular weight excluding hydrogens is 296 g/mol. The minimum Gasteiger partial charge on any atom is -0.494 e. The minimum atomic E-state index is -0.0933. The van der Waals surface area contributed by atoms with Crippen LogP contribution in [-0.4, -0.2) is 18.3 Å². The van der Waals surface area contributed by atoms with Gasteiger partial charge in [-0.05, 0) is 42.7 Å². The highest BCUT2D eigenvalue weighted by molar-refractivity contribution is 6.17. The lowest BCUT2D eigenvalue weighted by atomic mass is 9.89. The van der Waals surface area contributed by atoms with Crippen molar-refractivity contribution in [2.24, 2.45) is 0 Å². The van der Waals surface area contributed by atoms with E-state index in [2.05, 4.69) is 0 Å². The molecule has 0 aliphatic rings. The molecule has 0 fully saturated rings. The highest BCUT2D eigenvalue weighted by Gasteiger charge is 2.19. The Bertz CT molecular complexity index is 578. The predicted octanol–water partition coefficient (Wildman–Crippen LogP) is 5.07. The summed E-state index contributed by atoms with van der Waals surface area (Å²) in [6, 6.07) is 17.3. The van der Waals surface area contributed by atoms with Crippen molar-refractivity contribution in [3.63, 3.8) is 0 Å². The summed E-state index contributed by atoms with van der Waals surface area (Å²) in [5.41, 5.74) is 1.79. The van der Waals surface area contributed by atoms with Gasteiger partial charge in [0.1, 0.15) is 5.75 Å². The Morgan fingerprint density at radius 1 is 1.09 bits per heavy atom. The third-order valence-corrected chi connectivity index (χ3v) is 3.88. The van der Waals surface area contributed by atoms with E-state index in [1.165, 1.54) is 0 Å². The lowest BCUT2D eigenvalue weighted by Crippen LogP contribution is -2.12. The number of ketones is 1. The highest BCUT2D eigenvalue weighted by Crippen LogP contribution is 2.25. The van der Waals surface area contributed by atoms with Gasteiger partial charge in [0.15, 0.2) is 5.78 Å². The van der Waals surface area contributed by atoms with E-state index < -0.39 is 0 Å². The van der Waals surface area contributed by atoms with Crippen LogP contribution in [0.2, 0.25) is 0 Å². The van der Waals surface area contributed by atoms with E-state index in [0.717, 1.165) is 29.7 Å². The molecule has 0 amide bonds. The molecule has 0 aliphatic carbocycles. The van der Waals surface area contributed by atoms with E-state index in [4.69, 9.17) is 16.3 Å². The second-order valence-corrected chi connectivity index (χ2v) is 5.53. The molecule has 2 aromatic rings. The molecule has 2 nitrogen and oxygen atoms in total. The quantitative estimate of drug-likeness (QED) is 0.386. The van der Waals surface area contributed by atoms with Crippen molar-refractivity contribution >= 4 is 17.4 Å². The van der Waals surface area contributed by atoms with Gasteiger partial charge >= 0.3 is 0 Å². The maximum Gasteiger partial charge on any atom is 0.170 e. The van der Waals surface area contributed by atoms with Crippen LogP contribution in [0.4, 0.5) is 0 Å². The largest absolute Gasteiger partial charge is 0.494 e. The molecule has 0 heterocycles. The van der Waals surface area contributed by atoms with Gasteiger partial charge in [0.05, 0.1) is 6.61 Å². The summed E-state index contributed by atoms with van der Waals surface area (Å²) in [5, 5.41) is 0. The number of rotatable bonds is 8. The van der Waals surface area contributed by atoms with Crippen molar-refractivity contribution in [1.82, 2.24) is 0 Å². The number of Topliss-reactive ketones (excluding diaryl/α,β-unsaturated/α-hetero) is 1. The number of halogens is 1.